The molecule has 4 heterocycles. The first-order chi connectivity index (χ1) is 53.1. The molecule has 110 heavy (non-hydrogen) atoms. The molecule has 4 saturated carbocycles. The highest BCUT2D eigenvalue weighted by Gasteiger charge is 2.75. The number of alkyl halides is 6. The Hall–Kier alpha value is -12.3. The van der Waals surface area contributed by atoms with Gasteiger partial charge in [-0.2, -0.15) is 0 Å². The molecule has 0 aliphatic heterocycles. The Labute approximate surface area is 630 Å². The number of hydroxylamine groups is 4. The maximum absolute atomic E-state index is 15.5. The molecule has 12 atom stereocenters. The topological polar surface area (TPSA) is 300 Å². The Balaban J connectivity index is 0.000000129. The molecule has 12 aromatic rings. The monoisotopic (exact) mass is 1510 g/mol. The molecule has 8 aromatic carbocycles. The van der Waals surface area contributed by atoms with Crippen LogP contribution in [0.25, 0.3) is 45.3 Å². The van der Waals surface area contributed by atoms with Gasteiger partial charge in [-0.3, -0.25) is 40.0 Å². The van der Waals surface area contributed by atoms with Crippen LogP contribution in [-0.4, -0.2) is 107 Å². The van der Waals surface area contributed by atoms with Crippen molar-refractivity contribution in [2.24, 2.45) is 0 Å². The highest BCUT2D eigenvalue weighted by molar-refractivity contribution is 6.30. The molecule has 4 aromatic heterocycles. The molecule has 4 aliphatic rings. The van der Waals surface area contributed by atoms with Crippen molar-refractivity contribution in [1.29, 1.82) is 0 Å². The minimum Gasteiger partial charge on any atom is -0.289 e. The number of hydrogen-bond acceptors (Lipinski definition) is 16. The van der Waals surface area contributed by atoms with Gasteiger partial charge in [-0.25, -0.2) is 88.1 Å². The summed E-state index contributed by atoms with van der Waals surface area (Å²) in [5.74, 6) is -7.59. The second-order valence-electron chi connectivity index (χ2n) is 26.8. The molecule has 0 radical (unpaired) electrons. The van der Waals surface area contributed by atoms with E-state index in [1.807, 2.05) is 80.6 Å². The zero-order valence-electron chi connectivity index (χ0n) is 58.2. The number of rotatable bonds is 17. The first-order valence-corrected chi connectivity index (χ1v) is 34.8. The second-order valence-corrected chi connectivity index (χ2v) is 27.2. The normalized spacial score (nSPS) is 23.5. The van der Waals surface area contributed by atoms with E-state index in [0.29, 0.717) is 61.4 Å². The fourth-order valence-electron chi connectivity index (χ4n) is 14.6. The van der Waals surface area contributed by atoms with Gasteiger partial charge in [0, 0.05) is 119 Å². The van der Waals surface area contributed by atoms with Gasteiger partial charge in [-0.15, -0.1) is 0 Å². The predicted octanol–water partition coefficient (Wildman–Crippen LogP) is 15.2. The number of nitrogens with one attached hydrogen (secondary N) is 4. The summed E-state index contributed by atoms with van der Waals surface area (Å²) in [5, 5.41) is 36.4. The van der Waals surface area contributed by atoms with E-state index in [2.05, 4.69) is 39.9 Å². The third-order valence-electron chi connectivity index (χ3n) is 20.2. The van der Waals surface area contributed by atoms with Gasteiger partial charge in [-0.05, 0) is 69.5 Å². The number of hydrogen-bond donors (Lipinski definition) is 8. The zero-order valence-corrected chi connectivity index (χ0v) is 59.0. The Bertz CT molecular complexity index is 4830. The van der Waals surface area contributed by atoms with Crippen LogP contribution in [0.3, 0.4) is 0 Å². The summed E-state index contributed by atoms with van der Waals surface area (Å²) in [6.07, 6.45) is 9.43. The van der Waals surface area contributed by atoms with E-state index in [1.54, 1.807) is 176 Å². The van der Waals surface area contributed by atoms with Crippen LogP contribution in [0.15, 0.2) is 268 Å². The van der Waals surface area contributed by atoms with Crippen molar-refractivity contribution in [2.75, 3.05) is 0 Å². The van der Waals surface area contributed by atoms with Crippen LogP contribution in [0.1, 0.15) is 115 Å². The molecule has 0 saturated heterocycles. The smallest absolute Gasteiger partial charge is 0.282 e. The number of halogens is 7. The lowest BCUT2D eigenvalue weighted by Gasteiger charge is -2.06. The first-order valence-electron chi connectivity index (χ1n) is 34.4. The maximum Gasteiger partial charge on any atom is 0.282 e. The van der Waals surface area contributed by atoms with Crippen LogP contribution in [0.2, 0.25) is 5.02 Å². The number of benzene rings is 8. The maximum atomic E-state index is 15.5. The SMILES string of the molecule is Cc1cnc(-c2ccc([C@@H]3[C@@H](c4ccccc4)[C@@]3(F)C(=O)NO)cc2)nc1.Cc1ncc(-c2ccc([C@@H]3[C@@H](c4ccccc4)[C@@]3(F)C(=O)NO)cc2)cn1.O=C(NO)[C@]1(F)[C@H](c2ccccc2)[C@H]1c1ccc(-c2ncc(C(F)F)cn2)cc1.O=C(NO)[C@]1(F)[C@H](c2ccccc2)[C@H]1c1ccc(-c2ncc(Cl)cn2)cc1. The molecule has 8 N–H and O–H groups in total. The van der Waals surface area contributed by atoms with Crippen LogP contribution < -0.4 is 21.9 Å². The summed E-state index contributed by atoms with van der Waals surface area (Å²) in [5.41, 5.74) is 7.04. The quantitative estimate of drug-likeness (QED) is 0.0239. The highest BCUT2D eigenvalue weighted by atomic mass is 35.5. The predicted molar refractivity (Wildman–Crippen MR) is 392 cm³/mol. The van der Waals surface area contributed by atoms with Crippen molar-refractivity contribution in [3.05, 3.63) is 334 Å². The molecule has 4 fully saturated rings. The van der Waals surface area contributed by atoms with Gasteiger partial charge in [0.25, 0.3) is 30.1 Å². The summed E-state index contributed by atoms with van der Waals surface area (Å²) < 4.78 is 87.1. The molecular weight excluding hydrogens is 1440 g/mol. The van der Waals surface area contributed by atoms with Gasteiger partial charge >= 0.3 is 0 Å². The van der Waals surface area contributed by atoms with Gasteiger partial charge in [0.2, 0.25) is 22.7 Å². The fourth-order valence-corrected chi connectivity index (χ4v) is 14.7. The average molecular weight is 1510 g/mol. The largest absolute Gasteiger partial charge is 0.289 e. The first kappa shape index (κ1) is 75.9. The Kier molecular flexibility index (Phi) is 22.0. The van der Waals surface area contributed by atoms with Crippen molar-refractivity contribution in [3.63, 3.8) is 0 Å². The van der Waals surface area contributed by atoms with Gasteiger partial charge in [0.05, 0.1) is 10.6 Å². The number of aromatic nitrogens is 8. The third kappa shape index (κ3) is 14.9. The molecule has 16 rings (SSSR count). The van der Waals surface area contributed by atoms with Gasteiger partial charge in [-0.1, -0.05) is 230 Å². The molecule has 4 aliphatic carbocycles. The minimum absolute atomic E-state index is 0.260. The molecule has 556 valence electrons. The van der Waals surface area contributed by atoms with Crippen molar-refractivity contribution < 1.29 is 66.3 Å². The molecule has 0 bridgehead atoms. The van der Waals surface area contributed by atoms with E-state index in [-0.39, 0.29) is 11.4 Å². The molecular formula is C83H67ClF6N12O8. The van der Waals surface area contributed by atoms with Crippen LogP contribution in [0.5, 0.6) is 0 Å². The Morgan fingerprint density at radius 2 is 0.545 bits per heavy atom. The number of carbonyl (C=O) groups excluding carboxylic acids is 4. The van der Waals surface area contributed by atoms with E-state index in [1.165, 1.54) is 34.3 Å². The number of nitrogens with zero attached hydrogens (tertiary/aromatic N) is 8. The number of carbonyl (C=O) groups is 4. The Morgan fingerprint density at radius 3 is 0.791 bits per heavy atom. The fraction of sp³-hybridized carbons (Fsp3) is 0.181. The minimum atomic E-state index is -2.65. The molecule has 20 nitrogen and oxygen atoms in total. The van der Waals surface area contributed by atoms with E-state index in [0.717, 1.165) is 51.3 Å². The molecule has 0 spiro atoms. The number of aryl methyl sites for hydroxylation is 2. The zero-order chi connectivity index (χ0) is 77.7. The van der Waals surface area contributed by atoms with Crippen LogP contribution in [0.4, 0.5) is 26.3 Å². The van der Waals surface area contributed by atoms with Gasteiger partial charge in [0.15, 0.2) is 17.5 Å². The molecule has 4 amide bonds. The summed E-state index contributed by atoms with van der Waals surface area (Å²) in [6.45, 7) is 3.73. The summed E-state index contributed by atoms with van der Waals surface area (Å²) in [6, 6.07) is 64.0. The highest BCUT2D eigenvalue weighted by Crippen LogP contribution is 2.69. The van der Waals surface area contributed by atoms with Gasteiger partial charge in [0.1, 0.15) is 5.82 Å². The lowest BCUT2D eigenvalue weighted by atomic mass is 10.0. The van der Waals surface area contributed by atoms with E-state index in [9.17, 15) is 28.0 Å². The van der Waals surface area contributed by atoms with Crippen molar-refractivity contribution in [1.82, 2.24) is 61.8 Å². The molecule has 27 heteroatoms. The van der Waals surface area contributed by atoms with Crippen molar-refractivity contribution in [3.8, 4) is 45.3 Å². The third-order valence-corrected chi connectivity index (χ3v) is 20.4. The van der Waals surface area contributed by atoms with Crippen molar-refractivity contribution in [2.45, 2.75) is 90.3 Å². The van der Waals surface area contributed by atoms with Crippen LogP contribution >= 0.6 is 11.6 Å². The van der Waals surface area contributed by atoms with Crippen molar-refractivity contribution >= 4 is 35.2 Å². The Morgan fingerprint density at radius 1 is 0.318 bits per heavy atom. The lowest BCUT2D eigenvalue weighted by molar-refractivity contribution is -0.136. The van der Waals surface area contributed by atoms with Crippen LogP contribution in [0, 0.1) is 13.8 Å². The summed E-state index contributed by atoms with van der Waals surface area (Å²) >= 11 is 5.80. The average Bonchev–Trinajstić information content (AvgIpc) is 1.56. The lowest BCUT2D eigenvalue weighted by Crippen LogP contribution is -2.33. The number of amides is 4. The summed E-state index contributed by atoms with van der Waals surface area (Å²) in [4.78, 5) is 81.2. The van der Waals surface area contributed by atoms with Crippen LogP contribution in [-0.2, 0) is 19.2 Å². The van der Waals surface area contributed by atoms with E-state index < -0.39 is 100 Å². The second kappa shape index (κ2) is 31.9. The summed E-state index contributed by atoms with van der Waals surface area (Å²) in [7, 11) is 0. The van der Waals surface area contributed by atoms with Gasteiger partial charge < -0.3 is 0 Å². The van der Waals surface area contributed by atoms with E-state index in [4.69, 9.17) is 32.4 Å². The molecule has 0 unspecified atom stereocenters. The van der Waals surface area contributed by atoms with E-state index >= 15 is 17.6 Å². The standard InChI is InChI=1S/C21H16F3N3O2.2C21H18FN3O2.C20H15ClFN3O2/c22-18(23)15-10-25-19(26-11-15)14-8-6-13(7-9-14)17-16(12-4-2-1-3-5-12)21(17,24)20(28)27-29;1-13-23-11-17(12-24-13)14-7-9-16(10-8-14)19-18(15-5-3-2-4-6-15)21(19,22)20(26)25-27;1-13-11-23-19(24-12-13)16-9-7-15(8-10-16)18-17(14-5-3-2-4-6-14)21(18,22)20(26)25-27;21-15-10-23-18(24-11-15)14-8-6-13(7-9-14)17-16(12-4-2-1-3-5-12)20(17,22)19(26)25-27/h1-11,16-18,29H,(H,27,28);2-12,18-19,27H,1H3,(H,25,26);2-12,17-18,27H,1H3,(H,25,26);1-11,16-17,27H,(H,25,26)/t16-,17-,21+;18-,19-,21+;17-,18-,21+;16-,17-,20+/m1111/s1.